The third-order valence-corrected chi connectivity index (χ3v) is 6.06. The molecule has 0 aliphatic rings. The fourth-order valence-electron chi connectivity index (χ4n) is 3.98. The number of benzene rings is 3. The Morgan fingerprint density at radius 1 is 1.00 bits per heavy atom. The molecule has 0 unspecified atom stereocenters. The summed E-state index contributed by atoms with van der Waals surface area (Å²) in [7, 11) is 1.51. The van der Waals surface area contributed by atoms with Crippen molar-refractivity contribution in [1.82, 2.24) is 0 Å². The van der Waals surface area contributed by atoms with Crippen molar-refractivity contribution < 1.29 is 33.7 Å². The number of allylic oxidation sites excluding steroid dienone is 1. The molecule has 0 fully saturated rings. The number of nitrogen functional groups attached to an aromatic ring is 1. The second-order valence-corrected chi connectivity index (χ2v) is 9.06. The van der Waals surface area contributed by atoms with Crippen LogP contribution in [0.4, 0.5) is 21.9 Å². The van der Waals surface area contributed by atoms with Crippen molar-refractivity contribution in [2.24, 2.45) is 0 Å². The number of carbonyl (C=O) groups is 3. The number of carbonyl (C=O) groups excluding carboxylic acids is 3. The van der Waals surface area contributed by atoms with Crippen molar-refractivity contribution in [3.8, 4) is 5.75 Å². The molecule has 0 radical (unpaired) electrons. The molecule has 216 valence electrons. The van der Waals surface area contributed by atoms with Crippen LogP contribution in [0.3, 0.4) is 0 Å². The fourth-order valence-corrected chi connectivity index (χ4v) is 3.98. The molecule has 3 aromatic rings. The number of para-hydroxylation sites is 2. The summed E-state index contributed by atoms with van der Waals surface area (Å²) in [5, 5.41) is 14.5. The first kappa shape index (κ1) is 30.9. The smallest absolute Gasteiger partial charge is 0.412 e. The topological polar surface area (TPSA) is 149 Å². The Kier molecular flexibility index (Phi) is 11.9. The first-order chi connectivity index (χ1) is 19.8. The molecule has 0 heterocycles. The van der Waals surface area contributed by atoms with Gasteiger partial charge in [0.15, 0.2) is 11.9 Å². The summed E-state index contributed by atoms with van der Waals surface area (Å²) >= 11 is 0. The molecular formula is C31H35N3O7. The van der Waals surface area contributed by atoms with Crippen LogP contribution in [-0.2, 0) is 14.3 Å². The van der Waals surface area contributed by atoms with Gasteiger partial charge in [0.2, 0.25) is 5.91 Å². The molecule has 5 N–H and O–H groups in total. The summed E-state index contributed by atoms with van der Waals surface area (Å²) in [4.78, 5) is 36.8. The third-order valence-electron chi connectivity index (χ3n) is 6.06. The van der Waals surface area contributed by atoms with Crippen LogP contribution in [0.25, 0.3) is 0 Å². The summed E-state index contributed by atoms with van der Waals surface area (Å²) < 4.78 is 17.1. The minimum atomic E-state index is -0.833. The lowest BCUT2D eigenvalue weighted by Crippen LogP contribution is -2.28. The van der Waals surface area contributed by atoms with Crippen molar-refractivity contribution in [1.29, 1.82) is 0 Å². The first-order valence-corrected chi connectivity index (χ1v) is 13.1. The molecular weight excluding hydrogens is 526 g/mol. The zero-order valence-corrected chi connectivity index (χ0v) is 23.0. The fraction of sp³-hybridized carbons (Fsp3) is 0.258. The van der Waals surface area contributed by atoms with Crippen LogP contribution < -0.4 is 21.1 Å². The number of aliphatic hydroxyl groups excluding tert-OH is 1. The lowest BCUT2D eigenvalue weighted by Gasteiger charge is -2.26. The van der Waals surface area contributed by atoms with Gasteiger partial charge in [0.1, 0.15) is 12.4 Å². The van der Waals surface area contributed by atoms with Crippen molar-refractivity contribution in [3.63, 3.8) is 0 Å². The number of anilines is 3. The van der Waals surface area contributed by atoms with Gasteiger partial charge in [-0.2, -0.15) is 0 Å². The van der Waals surface area contributed by atoms with Gasteiger partial charge in [-0.3, -0.25) is 14.9 Å². The normalized spacial score (nSPS) is 12.4. The molecule has 10 nitrogen and oxygen atoms in total. The molecule has 0 aliphatic carbocycles. The van der Waals surface area contributed by atoms with Crippen LogP contribution in [-0.4, -0.2) is 49.3 Å². The van der Waals surface area contributed by atoms with E-state index in [4.69, 9.17) is 25.1 Å². The monoisotopic (exact) mass is 561 g/mol. The zero-order valence-electron chi connectivity index (χ0n) is 23.0. The number of nitrogens with two attached hydrogens (primary N) is 1. The molecule has 0 saturated heterocycles. The van der Waals surface area contributed by atoms with Gasteiger partial charge in [-0.05, 0) is 79.9 Å². The number of ketones is 1. The molecule has 0 spiro atoms. The Hall–Kier alpha value is -4.67. The quantitative estimate of drug-likeness (QED) is 0.120. The maximum Gasteiger partial charge on any atom is 0.412 e. The molecule has 2 atom stereocenters. The highest BCUT2D eigenvalue weighted by Gasteiger charge is 2.27. The van der Waals surface area contributed by atoms with Crippen LogP contribution in [0.1, 0.15) is 41.8 Å². The van der Waals surface area contributed by atoms with Crippen molar-refractivity contribution in [2.75, 3.05) is 36.7 Å². The lowest BCUT2D eigenvalue weighted by atomic mass is 10.00. The van der Waals surface area contributed by atoms with Crippen molar-refractivity contribution >= 4 is 34.8 Å². The van der Waals surface area contributed by atoms with E-state index in [1.807, 2.05) is 0 Å². The molecule has 3 aromatic carbocycles. The van der Waals surface area contributed by atoms with Gasteiger partial charge in [0.25, 0.3) is 0 Å². The van der Waals surface area contributed by atoms with Crippen LogP contribution in [0.15, 0.2) is 84.9 Å². The molecule has 41 heavy (non-hydrogen) atoms. The SMILES string of the molecule is CO[C@H](CC/C=C/C(=O)Nc1ccccc1N)[C@H](OC(=O)Nc1ccc(C(C)=O)cc1)c1cccc(OCCO)c1. The van der Waals surface area contributed by atoms with E-state index in [0.29, 0.717) is 46.8 Å². The number of Topliss-reactive ketones (excluding diaryl/α,β-unsaturated/α-hetero) is 1. The second-order valence-electron chi connectivity index (χ2n) is 9.06. The van der Waals surface area contributed by atoms with E-state index in [2.05, 4.69) is 10.6 Å². The second kappa shape index (κ2) is 15.8. The van der Waals surface area contributed by atoms with E-state index in [1.165, 1.54) is 20.1 Å². The molecule has 0 aliphatic heterocycles. The maximum atomic E-state index is 12.9. The van der Waals surface area contributed by atoms with Crippen LogP contribution in [0, 0.1) is 0 Å². The Balaban J connectivity index is 1.71. The molecule has 3 rings (SSSR count). The highest BCUT2D eigenvalue weighted by molar-refractivity contribution is 6.01. The Bertz CT molecular complexity index is 1340. The summed E-state index contributed by atoms with van der Waals surface area (Å²) in [5.74, 6) is 0.0895. The summed E-state index contributed by atoms with van der Waals surface area (Å²) in [6, 6.07) is 20.4. The largest absolute Gasteiger partial charge is 0.491 e. The number of ether oxygens (including phenoxy) is 3. The number of methoxy groups -OCH3 is 1. The van der Waals surface area contributed by atoms with E-state index in [1.54, 1.807) is 78.9 Å². The van der Waals surface area contributed by atoms with E-state index < -0.39 is 18.3 Å². The highest BCUT2D eigenvalue weighted by Crippen LogP contribution is 2.30. The average Bonchev–Trinajstić information content (AvgIpc) is 2.97. The van der Waals surface area contributed by atoms with Gasteiger partial charge < -0.3 is 30.4 Å². The number of aliphatic hydroxyl groups is 1. The van der Waals surface area contributed by atoms with Crippen molar-refractivity contribution in [3.05, 3.63) is 96.1 Å². The highest BCUT2D eigenvalue weighted by atomic mass is 16.6. The Morgan fingerprint density at radius 3 is 2.44 bits per heavy atom. The number of rotatable bonds is 14. The Morgan fingerprint density at radius 2 is 1.76 bits per heavy atom. The summed E-state index contributed by atoms with van der Waals surface area (Å²) in [6.45, 7) is 1.43. The van der Waals surface area contributed by atoms with E-state index in [0.717, 1.165) is 0 Å². The number of amides is 2. The number of nitrogens with one attached hydrogen (secondary N) is 2. The standard InChI is InChI=1S/C31H35N3O7/c1-21(36)22-14-16-24(17-15-22)33-31(38)41-30(23-8-7-9-25(20-23)40-19-18-35)28(39-2)12-5-6-13-29(37)34-27-11-4-3-10-26(27)32/h3-4,6-11,13-17,20,28,30,35H,5,12,18-19,32H2,1-2H3,(H,33,38)(H,34,37)/b13-6+/t28-,30-/m1/s1. The molecule has 0 aromatic heterocycles. The minimum absolute atomic E-state index is 0.0823. The number of hydrogen-bond donors (Lipinski definition) is 4. The zero-order chi connectivity index (χ0) is 29.6. The van der Waals surface area contributed by atoms with E-state index in [9.17, 15) is 14.4 Å². The third kappa shape index (κ3) is 9.79. The van der Waals surface area contributed by atoms with Crippen molar-refractivity contribution in [2.45, 2.75) is 32.0 Å². The van der Waals surface area contributed by atoms with E-state index >= 15 is 0 Å². The predicted octanol–water partition coefficient (Wildman–Crippen LogP) is 5.12. The number of hydrogen-bond acceptors (Lipinski definition) is 8. The van der Waals surface area contributed by atoms with Gasteiger partial charge in [0, 0.05) is 18.4 Å². The molecule has 10 heteroatoms. The first-order valence-electron chi connectivity index (χ1n) is 13.1. The van der Waals surface area contributed by atoms with Crippen LogP contribution in [0.2, 0.25) is 0 Å². The van der Waals surface area contributed by atoms with E-state index in [-0.39, 0.29) is 24.9 Å². The minimum Gasteiger partial charge on any atom is -0.491 e. The molecule has 0 bridgehead atoms. The Labute approximate surface area is 239 Å². The summed E-state index contributed by atoms with van der Waals surface area (Å²) in [5.41, 5.74) is 8.47. The average molecular weight is 562 g/mol. The molecule has 2 amide bonds. The maximum absolute atomic E-state index is 12.9. The van der Waals surface area contributed by atoms with Gasteiger partial charge in [-0.25, -0.2) is 4.79 Å². The van der Waals surface area contributed by atoms with Gasteiger partial charge in [-0.1, -0.05) is 30.3 Å². The molecule has 0 saturated carbocycles. The summed E-state index contributed by atoms with van der Waals surface area (Å²) in [6.07, 6.45) is 1.85. The predicted molar refractivity (Wildman–Crippen MR) is 157 cm³/mol. The van der Waals surface area contributed by atoms with Crippen LogP contribution in [0.5, 0.6) is 5.75 Å². The van der Waals surface area contributed by atoms with Crippen LogP contribution >= 0.6 is 0 Å². The van der Waals surface area contributed by atoms with Gasteiger partial charge in [0.05, 0.1) is 24.1 Å². The lowest BCUT2D eigenvalue weighted by molar-refractivity contribution is -0.111. The van der Waals surface area contributed by atoms with Gasteiger partial charge >= 0.3 is 6.09 Å². The van der Waals surface area contributed by atoms with Gasteiger partial charge in [-0.15, -0.1) is 0 Å².